The van der Waals surface area contributed by atoms with Crippen LogP contribution in [-0.2, 0) is 6.61 Å². The number of anilines is 1. The Morgan fingerprint density at radius 1 is 1.17 bits per heavy atom. The maximum Gasteiger partial charge on any atom is 0.270 e. The Morgan fingerprint density at radius 3 is 2.90 bits per heavy atom. The number of hydrogen-bond donors (Lipinski definition) is 2. The molecule has 9 heteroatoms. The number of nitrogens with one attached hydrogen (secondary N) is 2. The van der Waals surface area contributed by atoms with Gasteiger partial charge in [0.15, 0.2) is 5.82 Å². The average Bonchev–Trinajstić information content (AvgIpc) is 3.41. The third-order valence-corrected chi connectivity index (χ3v) is 5.94. The Labute approximate surface area is 174 Å². The maximum absolute atomic E-state index is 12.7. The highest BCUT2D eigenvalue weighted by Gasteiger charge is 2.23. The first-order chi connectivity index (χ1) is 14.6. The molecule has 0 bridgehead atoms. The summed E-state index contributed by atoms with van der Waals surface area (Å²) < 4.78 is 5.75. The van der Waals surface area contributed by atoms with Crippen LogP contribution in [0.2, 0.25) is 0 Å². The van der Waals surface area contributed by atoms with E-state index in [-0.39, 0.29) is 11.6 Å². The van der Waals surface area contributed by atoms with Gasteiger partial charge in [0, 0.05) is 39.8 Å². The number of benzene rings is 2. The summed E-state index contributed by atoms with van der Waals surface area (Å²) in [6, 6.07) is 17.4. The van der Waals surface area contributed by atoms with Crippen molar-refractivity contribution in [1.82, 2.24) is 10.2 Å². The van der Waals surface area contributed by atoms with E-state index in [1.54, 1.807) is 18.2 Å². The van der Waals surface area contributed by atoms with Gasteiger partial charge >= 0.3 is 0 Å². The normalized spacial score (nSPS) is 11.9. The maximum atomic E-state index is 12.7. The minimum absolute atomic E-state index is 0.0145. The van der Waals surface area contributed by atoms with E-state index in [4.69, 9.17) is 4.74 Å². The molecule has 8 nitrogen and oxygen atoms in total. The zero-order valence-corrected chi connectivity index (χ0v) is 16.2. The molecule has 1 amide bonds. The predicted octanol–water partition coefficient (Wildman–Crippen LogP) is 4.86. The van der Waals surface area contributed by atoms with Crippen LogP contribution in [0.1, 0.15) is 15.2 Å². The Balaban J connectivity index is 1.37. The Hall–Kier alpha value is -3.98. The molecule has 30 heavy (non-hydrogen) atoms. The summed E-state index contributed by atoms with van der Waals surface area (Å²) in [6.45, 7) is 0.426. The fraction of sp³-hybridized carbons (Fsp3) is 0.0476. The third-order valence-electron chi connectivity index (χ3n) is 4.74. The molecule has 3 heterocycles. The fourth-order valence-corrected chi connectivity index (χ4v) is 4.40. The van der Waals surface area contributed by atoms with E-state index in [9.17, 15) is 14.9 Å². The molecule has 5 rings (SSSR count). The molecule has 4 aromatic rings. The number of thiophene rings is 1. The lowest BCUT2D eigenvalue weighted by Crippen LogP contribution is -2.10. The molecule has 0 saturated heterocycles. The number of nitro benzene ring substituents is 1. The number of hydrogen-bond acceptors (Lipinski definition) is 6. The van der Waals surface area contributed by atoms with Crippen LogP contribution >= 0.6 is 11.3 Å². The van der Waals surface area contributed by atoms with Gasteiger partial charge in [-0.25, -0.2) is 0 Å². The number of para-hydroxylation sites is 1. The molecule has 0 aliphatic carbocycles. The van der Waals surface area contributed by atoms with Crippen LogP contribution in [0.25, 0.3) is 21.7 Å². The number of nitro groups is 1. The Bertz CT molecular complexity index is 1290. The van der Waals surface area contributed by atoms with Crippen molar-refractivity contribution >= 4 is 28.7 Å². The summed E-state index contributed by atoms with van der Waals surface area (Å²) in [6.07, 6.45) is 0. The number of carbonyl (C=O) groups excluding carboxylic acids is 1. The first kappa shape index (κ1) is 18.1. The van der Waals surface area contributed by atoms with Crippen LogP contribution in [0, 0.1) is 10.1 Å². The lowest BCUT2D eigenvalue weighted by Gasteiger charge is -2.16. The number of aromatic nitrogens is 2. The predicted molar refractivity (Wildman–Crippen MR) is 113 cm³/mol. The molecule has 2 aromatic heterocycles. The van der Waals surface area contributed by atoms with Crippen LogP contribution in [0.4, 0.5) is 11.5 Å². The SMILES string of the molecule is O=C(Nc1cc(-c2cccc([N+](=O)[O-])c2)[nH]n1)c1cc2c(s1)-c1ccccc1OC2. The van der Waals surface area contributed by atoms with Gasteiger partial charge in [-0.1, -0.05) is 24.3 Å². The molecule has 2 N–H and O–H groups in total. The van der Waals surface area contributed by atoms with Gasteiger partial charge in [0.05, 0.1) is 15.5 Å². The molecule has 0 radical (unpaired) electrons. The Kier molecular flexibility index (Phi) is 4.29. The van der Waals surface area contributed by atoms with E-state index in [2.05, 4.69) is 15.5 Å². The van der Waals surface area contributed by atoms with E-state index >= 15 is 0 Å². The molecular weight excluding hydrogens is 404 g/mol. The molecule has 0 spiro atoms. The van der Waals surface area contributed by atoms with Crippen molar-refractivity contribution in [2.24, 2.45) is 0 Å². The number of nitrogens with zero attached hydrogens (tertiary/aromatic N) is 2. The van der Waals surface area contributed by atoms with Gasteiger partial charge in [-0.05, 0) is 18.2 Å². The minimum Gasteiger partial charge on any atom is -0.488 e. The van der Waals surface area contributed by atoms with Crippen LogP contribution in [-0.4, -0.2) is 21.0 Å². The quantitative estimate of drug-likeness (QED) is 0.363. The van der Waals surface area contributed by atoms with Crippen LogP contribution in [0.3, 0.4) is 0 Å². The molecule has 0 fully saturated rings. The van der Waals surface area contributed by atoms with E-state index in [1.165, 1.54) is 23.5 Å². The highest BCUT2D eigenvalue weighted by atomic mass is 32.1. The molecule has 0 atom stereocenters. The number of H-pyrrole nitrogens is 1. The number of non-ortho nitro benzene ring substituents is 1. The highest BCUT2D eigenvalue weighted by Crippen LogP contribution is 2.42. The van der Waals surface area contributed by atoms with Crippen molar-refractivity contribution in [3.05, 3.63) is 81.2 Å². The average molecular weight is 418 g/mol. The number of carbonyl (C=O) groups is 1. The van der Waals surface area contributed by atoms with E-state index in [0.717, 1.165) is 21.8 Å². The van der Waals surface area contributed by atoms with Gasteiger partial charge in [-0.3, -0.25) is 20.0 Å². The first-order valence-corrected chi connectivity index (χ1v) is 9.86. The molecule has 2 aromatic carbocycles. The van der Waals surface area contributed by atoms with Gasteiger partial charge in [0.2, 0.25) is 0 Å². The van der Waals surface area contributed by atoms with Crippen molar-refractivity contribution in [3.8, 4) is 27.4 Å². The fourth-order valence-electron chi connectivity index (χ4n) is 3.31. The summed E-state index contributed by atoms with van der Waals surface area (Å²) in [5.41, 5.74) is 3.12. The van der Waals surface area contributed by atoms with Gasteiger partial charge in [-0.15, -0.1) is 11.3 Å². The van der Waals surface area contributed by atoms with Crippen molar-refractivity contribution < 1.29 is 14.5 Å². The standard InChI is InChI=1S/C21H14N4O4S/c26-21(18-9-13-11-29-17-7-2-1-6-15(17)20(13)30-18)22-19-10-16(23-24-19)12-4-3-5-14(8-12)25(27)28/h1-10H,11H2,(H2,22,23,24,26). The molecule has 0 unspecified atom stereocenters. The highest BCUT2D eigenvalue weighted by molar-refractivity contribution is 7.17. The molecular formula is C21H14N4O4S. The second-order valence-electron chi connectivity index (χ2n) is 6.68. The number of ether oxygens (including phenoxy) is 1. The summed E-state index contributed by atoms with van der Waals surface area (Å²) >= 11 is 1.41. The zero-order chi connectivity index (χ0) is 20.7. The smallest absolute Gasteiger partial charge is 0.270 e. The van der Waals surface area contributed by atoms with Gasteiger partial charge in [0.25, 0.3) is 11.6 Å². The molecule has 1 aliphatic rings. The van der Waals surface area contributed by atoms with E-state index < -0.39 is 4.92 Å². The van der Waals surface area contributed by atoms with E-state index in [0.29, 0.717) is 28.6 Å². The Morgan fingerprint density at radius 2 is 2.03 bits per heavy atom. The first-order valence-electron chi connectivity index (χ1n) is 9.05. The van der Waals surface area contributed by atoms with Gasteiger partial charge < -0.3 is 10.1 Å². The van der Waals surface area contributed by atoms with Crippen LogP contribution in [0.5, 0.6) is 5.75 Å². The molecule has 148 valence electrons. The number of amides is 1. The summed E-state index contributed by atoms with van der Waals surface area (Å²) in [5, 5.41) is 20.6. The van der Waals surface area contributed by atoms with E-state index in [1.807, 2.05) is 30.3 Å². The number of aromatic amines is 1. The van der Waals surface area contributed by atoms with Crippen molar-refractivity contribution in [2.75, 3.05) is 5.32 Å². The topological polar surface area (TPSA) is 110 Å². The zero-order valence-electron chi connectivity index (χ0n) is 15.4. The largest absolute Gasteiger partial charge is 0.488 e. The second-order valence-corrected chi connectivity index (χ2v) is 7.73. The van der Waals surface area contributed by atoms with Gasteiger partial charge in [-0.2, -0.15) is 5.10 Å². The summed E-state index contributed by atoms with van der Waals surface area (Å²) in [7, 11) is 0. The number of fused-ring (bicyclic) bond motifs is 3. The van der Waals surface area contributed by atoms with Crippen molar-refractivity contribution in [2.45, 2.75) is 6.61 Å². The summed E-state index contributed by atoms with van der Waals surface area (Å²) in [4.78, 5) is 24.8. The number of rotatable bonds is 4. The lowest BCUT2D eigenvalue weighted by molar-refractivity contribution is -0.384. The van der Waals surface area contributed by atoms with Crippen LogP contribution < -0.4 is 10.1 Å². The van der Waals surface area contributed by atoms with Gasteiger partial charge in [0.1, 0.15) is 12.4 Å². The minimum atomic E-state index is -0.455. The lowest BCUT2D eigenvalue weighted by atomic mass is 10.1. The second kappa shape index (κ2) is 7.12. The monoisotopic (exact) mass is 418 g/mol. The molecule has 1 aliphatic heterocycles. The van der Waals surface area contributed by atoms with Crippen molar-refractivity contribution in [3.63, 3.8) is 0 Å². The van der Waals surface area contributed by atoms with Crippen LogP contribution in [0.15, 0.2) is 60.7 Å². The van der Waals surface area contributed by atoms with Crippen molar-refractivity contribution in [1.29, 1.82) is 0 Å². The third kappa shape index (κ3) is 3.20. The molecule has 0 saturated carbocycles. The summed E-state index contributed by atoms with van der Waals surface area (Å²) in [5.74, 6) is 0.876.